The number of nitrogens with zero attached hydrogens (tertiary/aromatic N) is 1. The number of amides is 1. The second kappa shape index (κ2) is 4.99. The van der Waals surface area contributed by atoms with Crippen molar-refractivity contribution < 1.29 is 9.53 Å². The Morgan fingerprint density at radius 3 is 2.86 bits per heavy atom. The standard InChI is InChI=1S/C18H21NO2/c1-2-13-14-9-6-10-15(14)17(20)19-16(11-21-18(13)19)12-7-4-3-5-8-12/h3-9,13-16,18H,2,10-11H2,1H3/t13-,14+,15+,16-,18+/m0/s1. The minimum absolute atomic E-state index is 0.0447. The maximum Gasteiger partial charge on any atom is 0.229 e. The van der Waals surface area contributed by atoms with Gasteiger partial charge in [0, 0.05) is 11.8 Å². The summed E-state index contributed by atoms with van der Waals surface area (Å²) < 4.78 is 6.08. The van der Waals surface area contributed by atoms with Crippen molar-refractivity contribution in [1.29, 1.82) is 0 Å². The third-order valence-corrected chi connectivity index (χ3v) is 5.34. The highest BCUT2D eigenvalue weighted by Gasteiger charge is 2.53. The van der Waals surface area contributed by atoms with E-state index >= 15 is 0 Å². The second-order valence-corrected chi connectivity index (χ2v) is 6.32. The fourth-order valence-corrected chi connectivity index (χ4v) is 4.30. The Balaban J connectivity index is 1.70. The van der Waals surface area contributed by atoms with E-state index in [1.165, 1.54) is 5.56 Å². The third kappa shape index (κ3) is 1.87. The number of piperidine rings is 1. The van der Waals surface area contributed by atoms with E-state index in [0.717, 1.165) is 12.8 Å². The summed E-state index contributed by atoms with van der Waals surface area (Å²) in [5.41, 5.74) is 1.19. The number of carbonyl (C=O) groups is 1. The maximum atomic E-state index is 12.9. The molecule has 2 fully saturated rings. The molecule has 0 saturated carbocycles. The predicted octanol–water partition coefficient (Wildman–Crippen LogP) is 3.14. The average molecular weight is 283 g/mol. The fourth-order valence-electron chi connectivity index (χ4n) is 4.30. The first kappa shape index (κ1) is 13.1. The van der Waals surface area contributed by atoms with Crippen LogP contribution in [0.15, 0.2) is 42.5 Å². The van der Waals surface area contributed by atoms with E-state index in [-0.39, 0.29) is 24.1 Å². The molecule has 1 aromatic rings. The molecule has 0 unspecified atom stereocenters. The summed E-state index contributed by atoms with van der Waals surface area (Å²) in [5.74, 6) is 1.23. The lowest BCUT2D eigenvalue weighted by molar-refractivity contribution is -0.158. The van der Waals surface area contributed by atoms with Crippen LogP contribution in [-0.2, 0) is 9.53 Å². The molecular weight excluding hydrogens is 262 g/mol. The summed E-state index contributed by atoms with van der Waals surface area (Å²) in [7, 11) is 0. The monoisotopic (exact) mass is 283 g/mol. The van der Waals surface area contributed by atoms with Crippen molar-refractivity contribution in [2.75, 3.05) is 6.61 Å². The van der Waals surface area contributed by atoms with Gasteiger partial charge in [-0.1, -0.05) is 49.4 Å². The van der Waals surface area contributed by atoms with Gasteiger partial charge in [-0.15, -0.1) is 0 Å². The van der Waals surface area contributed by atoms with Crippen molar-refractivity contribution in [2.45, 2.75) is 32.0 Å². The lowest BCUT2D eigenvalue weighted by atomic mass is 9.76. The first-order chi connectivity index (χ1) is 10.3. The molecule has 2 heterocycles. The molecule has 0 spiro atoms. The van der Waals surface area contributed by atoms with Gasteiger partial charge in [-0.05, 0) is 24.3 Å². The average Bonchev–Trinajstić information content (AvgIpc) is 3.16. The van der Waals surface area contributed by atoms with Crippen molar-refractivity contribution in [3.8, 4) is 0 Å². The Kier molecular flexibility index (Phi) is 3.11. The molecule has 3 nitrogen and oxygen atoms in total. The Labute approximate surface area is 125 Å². The normalized spacial score (nSPS) is 37.7. The lowest BCUT2D eigenvalue weighted by Crippen LogP contribution is -2.53. The van der Waals surface area contributed by atoms with Gasteiger partial charge in [0.05, 0.1) is 12.6 Å². The van der Waals surface area contributed by atoms with Crippen LogP contribution in [0.2, 0.25) is 0 Å². The van der Waals surface area contributed by atoms with Crippen molar-refractivity contribution in [1.82, 2.24) is 4.90 Å². The molecule has 0 radical (unpaired) electrons. The number of allylic oxidation sites excluding steroid dienone is 2. The number of benzene rings is 1. The summed E-state index contributed by atoms with van der Waals surface area (Å²) in [4.78, 5) is 15.0. The third-order valence-electron chi connectivity index (χ3n) is 5.34. The van der Waals surface area contributed by atoms with Crippen LogP contribution in [0.1, 0.15) is 31.4 Å². The Morgan fingerprint density at radius 2 is 2.10 bits per heavy atom. The Bertz CT molecular complexity index is 568. The van der Waals surface area contributed by atoms with E-state index in [2.05, 4.69) is 31.2 Å². The molecule has 1 aromatic carbocycles. The number of hydrogen-bond acceptors (Lipinski definition) is 2. The molecule has 3 aliphatic rings. The van der Waals surface area contributed by atoms with E-state index in [4.69, 9.17) is 4.74 Å². The van der Waals surface area contributed by atoms with E-state index in [1.54, 1.807) is 0 Å². The van der Waals surface area contributed by atoms with Crippen molar-refractivity contribution in [3.63, 3.8) is 0 Å². The van der Waals surface area contributed by atoms with Crippen LogP contribution in [0.5, 0.6) is 0 Å². The molecule has 1 amide bonds. The number of hydrogen-bond donors (Lipinski definition) is 0. The van der Waals surface area contributed by atoms with Crippen LogP contribution < -0.4 is 0 Å². The summed E-state index contributed by atoms with van der Waals surface area (Å²) in [6.07, 6.45) is 6.33. The Hall–Kier alpha value is -1.61. The minimum atomic E-state index is -0.0447. The highest BCUT2D eigenvalue weighted by atomic mass is 16.5. The zero-order valence-corrected chi connectivity index (χ0v) is 12.3. The second-order valence-electron chi connectivity index (χ2n) is 6.32. The summed E-state index contributed by atoms with van der Waals surface area (Å²) in [5, 5.41) is 0. The molecule has 0 N–H and O–H groups in total. The maximum absolute atomic E-state index is 12.9. The van der Waals surface area contributed by atoms with E-state index < -0.39 is 0 Å². The van der Waals surface area contributed by atoms with Gasteiger partial charge >= 0.3 is 0 Å². The fraction of sp³-hybridized carbons (Fsp3) is 0.500. The van der Waals surface area contributed by atoms with Gasteiger partial charge in [0.1, 0.15) is 6.23 Å². The molecule has 110 valence electrons. The van der Waals surface area contributed by atoms with Crippen LogP contribution in [0.3, 0.4) is 0 Å². The van der Waals surface area contributed by atoms with Crippen LogP contribution in [-0.4, -0.2) is 23.6 Å². The zero-order chi connectivity index (χ0) is 14.4. The molecule has 2 saturated heterocycles. The quantitative estimate of drug-likeness (QED) is 0.780. The van der Waals surface area contributed by atoms with Gasteiger partial charge in [-0.2, -0.15) is 0 Å². The Morgan fingerprint density at radius 1 is 1.29 bits per heavy atom. The van der Waals surface area contributed by atoms with E-state index in [0.29, 0.717) is 18.4 Å². The summed E-state index contributed by atoms with van der Waals surface area (Å²) in [6.45, 7) is 2.83. The van der Waals surface area contributed by atoms with Crippen molar-refractivity contribution in [3.05, 3.63) is 48.0 Å². The molecule has 5 atom stereocenters. The SMILES string of the molecule is CC[C@H]1[C@H]2C=CC[C@H]2C(=O)N2[C@@H]1OC[C@H]2c1ccccc1. The number of fused-ring (bicyclic) bond motifs is 2. The van der Waals surface area contributed by atoms with E-state index in [9.17, 15) is 4.79 Å². The van der Waals surface area contributed by atoms with Crippen LogP contribution in [0.4, 0.5) is 0 Å². The molecular formula is C18H21NO2. The van der Waals surface area contributed by atoms with Gasteiger partial charge in [-0.3, -0.25) is 4.79 Å². The first-order valence-corrected chi connectivity index (χ1v) is 7.96. The van der Waals surface area contributed by atoms with Gasteiger partial charge < -0.3 is 9.64 Å². The molecule has 0 bridgehead atoms. The van der Waals surface area contributed by atoms with Crippen molar-refractivity contribution in [2.24, 2.45) is 17.8 Å². The zero-order valence-electron chi connectivity index (χ0n) is 12.3. The highest BCUT2D eigenvalue weighted by Crippen LogP contribution is 2.48. The summed E-state index contributed by atoms with van der Waals surface area (Å²) >= 11 is 0. The molecule has 3 heteroatoms. The molecule has 21 heavy (non-hydrogen) atoms. The highest BCUT2D eigenvalue weighted by molar-refractivity contribution is 5.82. The number of rotatable bonds is 2. The number of carbonyl (C=O) groups excluding carboxylic acids is 1. The lowest BCUT2D eigenvalue weighted by Gasteiger charge is -2.43. The molecule has 1 aliphatic carbocycles. The van der Waals surface area contributed by atoms with Gasteiger partial charge in [-0.25, -0.2) is 0 Å². The largest absolute Gasteiger partial charge is 0.355 e. The van der Waals surface area contributed by atoms with Crippen LogP contribution in [0.25, 0.3) is 0 Å². The number of ether oxygens (including phenoxy) is 1. The van der Waals surface area contributed by atoms with Crippen LogP contribution >= 0.6 is 0 Å². The van der Waals surface area contributed by atoms with Crippen LogP contribution in [0, 0.1) is 17.8 Å². The smallest absolute Gasteiger partial charge is 0.229 e. The van der Waals surface area contributed by atoms with E-state index in [1.807, 2.05) is 23.1 Å². The van der Waals surface area contributed by atoms with Gasteiger partial charge in [0.25, 0.3) is 0 Å². The minimum Gasteiger partial charge on any atom is -0.355 e. The first-order valence-electron chi connectivity index (χ1n) is 7.96. The summed E-state index contributed by atoms with van der Waals surface area (Å²) in [6, 6.07) is 10.4. The van der Waals surface area contributed by atoms with Crippen molar-refractivity contribution >= 4 is 5.91 Å². The molecule has 0 aromatic heterocycles. The molecule has 4 rings (SSSR count). The predicted molar refractivity (Wildman–Crippen MR) is 80.3 cm³/mol. The molecule has 2 aliphatic heterocycles. The van der Waals surface area contributed by atoms with Gasteiger partial charge in [0.15, 0.2) is 0 Å². The topological polar surface area (TPSA) is 29.5 Å². The van der Waals surface area contributed by atoms with Gasteiger partial charge in [0.2, 0.25) is 5.91 Å².